The van der Waals surface area contributed by atoms with Gasteiger partial charge in [0.2, 0.25) is 5.91 Å². The Morgan fingerprint density at radius 3 is 2.26 bits per heavy atom. The number of piperazine rings is 1. The maximum absolute atomic E-state index is 14.4. The zero-order chi connectivity index (χ0) is 29.3. The molecule has 8 heteroatoms. The molecule has 0 bridgehead atoms. The Kier molecular flexibility index (Phi) is 10.3. The lowest BCUT2D eigenvalue weighted by atomic mass is 9.86. The largest absolute Gasteiger partial charge is 0.497 e. The highest BCUT2D eigenvalue weighted by Gasteiger charge is 2.35. The van der Waals surface area contributed by atoms with E-state index in [1.54, 1.807) is 20.3 Å². The van der Waals surface area contributed by atoms with E-state index < -0.39 is 0 Å². The predicted octanol–water partition coefficient (Wildman–Crippen LogP) is 4.95. The molecule has 0 aromatic heterocycles. The van der Waals surface area contributed by atoms with Crippen molar-refractivity contribution < 1.29 is 18.7 Å². The van der Waals surface area contributed by atoms with Crippen molar-refractivity contribution in [2.24, 2.45) is 5.92 Å². The number of rotatable bonds is 11. The SMILES string of the molecule is COc1cc(CNC(=O)CC[C@@H]2CN(Cc3ccccc3)CC[C@@H]2N2CCN(c3ccccc3F)CC2)cc(OC)c1. The minimum Gasteiger partial charge on any atom is -0.497 e. The van der Waals surface area contributed by atoms with Crippen molar-refractivity contribution in [3.05, 3.63) is 89.7 Å². The molecule has 0 aliphatic carbocycles. The van der Waals surface area contributed by atoms with Crippen molar-refractivity contribution in [2.75, 3.05) is 58.4 Å². The molecule has 2 saturated heterocycles. The van der Waals surface area contributed by atoms with Gasteiger partial charge in [-0.05, 0) is 60.7 Å². The molecule has 2 atom stereocenters. The smallest absolute Gasteiger partial charge is 0.220 e. The van der Waals surface area contributed by atoms with Crippen molar-refractivity contribution in [1.82, 2.24) is 15.1 Å². The van der Waals surface area contributed by atoms with Gasteiger partial charge in [-0.25, -0.2) is 4.39 Å². The average molecular weight is 575 g/mol. The zero-order valence-corrected chi connectivity index (χ0v) is 24.8. The van der Waals surface area contributed by atoms with Crippen LogP contribution in [0.4, 0.5) is 10.1 Å². The van der Waals surface area contributed by atoms with Crippen LogP contribution in [0.25, 0.3) is 0 Å². The van der Waals surface area contributed by atoms with Gasteiger partial charge in [-0.15, -0.1) is 0 Å². The van der Waals surface area contributed by atoms with Crippen LogP contribution >= 0.6 is 0 Å². The summed E-state index contributed by atoms with van der Waals surface area (Å²) >= 11 is 0. The lowest BCUT2D eigenvalue weighted by Crippen LogP contribution is -2.56. The van der Waals surface area contributed by atoms with Gasteiger partial charge in [0.1, 0.15) is 17.3 Å². The Balaban J connectivity index is 1.20. The van der Waals surface area contributed by atoms with E-state index in [9.17, 15) is 9.18 Å². The van der Waals surface area contributed by atoms with Gasteiger partial charge in [-0.3, -0.25) is 14.6 Å². The van der Waals surface area contributed by atoms with E-state index in [1.807, 2.05) is 30.3 Å². The Hall–Kier alpha value is -3.62. The number of amides is 1. The summed E-state index contributed by atoms with van der Waals surface area (Å²) in [5.74, 6) is 1.69. The second-order valence-electron chi connectivity index (χ2n) is 11.3. The number of anilines is 1. The van der Waals surface area contributed by atoms with E-state index in [4.69, 9.17) is 9.47 Å². The highest BCUT2D eigenvalue weighted by atomic mass is 19.1. The molecule has 3 aromatic rings. The highest BCUT2D eigenvalue weighted by molar-refractivity contribution is 5.75. The molecular weight excluding hydrogens is 531 g/mol. The third kappa shape index (κ3) is 7.81. The van der Waals surface area contributed by atoms with Crippen LogP contribution in [0, 0.1) is 11.7 Å². The Morgan fingerprint density at radius 1 is 0.881 bits per heavy atom. The number of hydrogen-bond donors (Lipinski definition) is 1. The Bertz CT molecular complexity index is 1280. The molecule has 0 saturated carbocycles. The first-order valence-corrected chi connectivity index (χ1v) is 15.0. The Morgan fingerprint density at radius 2 is 1.57 bits per heavy atom. The van der Waals surface area contributed by atoms with Gasteiger partial charge >= 0.3 is 0 Å². The molecular formula is C34H43FN4O3. The molecule has 3 aromatic carbocycles. The summed E-state index contributed by atoms with van der Waals surface area (Å²) in [6.45, 7) is 6.77. The molecule has 0 radical (unpaired) electrons. The fourth-order valence-electron chi connectivity index (χ4n) is 6.42. The summed E-state index contributed by atoms with van der Waals surface area (Å²) in [7, 11) is 3.25. The maximum Gasteiger partial charge on any atom is 0.220 e. The van der Waals surface area contributed by atoms with Gasteiger partial charge in [-0.2, -0.15) is 0 Å². The fraction of sp³-hybridized carbons (Fsp3) is 0.441. The van der Waals surface area contributed by atoms with Crippen LogP contribution in [0.15, 0.2) is 72.8 Å². The minimum atomic E-state index is -0.156. The second kappa shape index (κ2) is 14.5. The summed E-state index contributed by atoms with van der Waals surface area (Å²) in [4.78, 5) is 20.3. The van der Waals surface area contributed by atoms with Crippen LogP contribution in [0.3, 0.4) is 0 Å². The van der Waals surface area contributed by atoms with Gasteiger partial charge in [0.05, 0.1) is 19.9 Å². The normalized spacial score (nSPS) is 19.8. The van der Waals surface area contributed by atoms with Crippen LogP contribution in [0.2, 0.25) is 0 Å². The summed E-state index contributed by atoms with van der Waals surface area (Å²) in [6.07, 6.45) is 2.38. The summed E-state index contributed by atoms with van der Waals surface area (Å²) in [5.41, 5.74) is 2.95. The molecule has 0 unspecified atom stereocenters. The van der Waals surface area contributed by atoms with Gasteiger partial charge in [0, 0.05) is 64.3 Å². The molecule has 2 aliphatic rings. The van der Waals surface area contributed by atoms with E-state index in [2.05, 4.69) is 50.3 Å². The molecule has 5 rings (SSSR count). The molecule has 0 spiro atoms. The zero-order valence-electron chi connectivity index (χ0n) is 24.8. The number of hydrogen-bond acceptors (Lipinski definition) is 6. The number of carbonyl (C=O) groups is 1. The molecule has 2 fully saturated rings. The first-order valence-electron chi connectivity index (χ1n) is 15.0. The second-order valence-corrected chi connectivity index (χ2v) is 11.3. The predicted molar refractivity (Wildman–Crippen MR) is 164 cm³/mol. The Labute approximate surface area is 249 Å². The average Bonchev–Trinajstić information content (AvgIpc) is 3.03. The third-order valence-electron chi connectivity index (χ3n) is 8.65. The fourth-order valence-corrected chi connectivity index (χ4v) is 6.42. The van der Waals surface area contributed by atoms with Crippen LogP contribution in [-0.4, -0.2) is 75.2 Å². The van der Waals surface area contributed by atoms with Crippen LogP contribution in [-0.2, 0) is 17.9 Å². The minimum absolute atomic E-state index is 0.0556. The number of methoxy groups -OCH3 is 2. The summed E-state index contributed by atoms with van der Waals surface area (Å²) in [6, 6.07) is 23.7. The number of carbonyl (C=O) groups excluding carboxylic acids is 1. The number of benzene rings is 3. The lowest BCUT2D eigenvalue weighted by Gasteiger charge is -2.47. The molecule has 42 heavy (non-hydrogen) atoms. The molecule has 2 aliphatic heterocycles. The van der Waals surface area contributed by atoms with Crippen molar-refractivity contribution in [1.29, 1.82) is 0 Å². The van der Waals surface area contributed by atoms with Gasteiger partial charge in [-0.1, -0.05) is 42.5 Å². The monoisotopic (exact) mass is 574 g/mol. The topological polar surface area (TPSA) is 57.3 Å². The van der Waals surface area contributed by atoms with Crippen molar-refractivity contribution in [2.45, 2.75) is 38.4 Å². The van der Waals surface area contributed by atoms with Crippen LogP contribution < -0.4 is 19.7 Å². The van der Waals surface area contributed by atoms with E-state index in [0.717, 1.165) is 64.2 Å². The number of para-hydroxylation sites is 1. The quantitative estimate of drug-likeness (QED) is 0.350. The number of ether oxygens (including phenoxy) is 2. The number of halogens is 1. The number of piperidine rings is 1. The van der Waals surface area contributed by atoms with Gasteiger partial charge < -0.3 is 19.7 Å². The van der Waals surface area contributed by atoms with Crippen molar-refractivity contribution in [3.63, 3.8) is 0 Å². The molecule has 1 N–H and O–H groups in total. The first kappa shape index (κ1) is 29.9. The first-order chi connectivity index (χ1) is 20.5. The molecule has 7 nitrogen and oxygen atoms in total. The van der Waals surface area contributed by atoms with Gasteiger partial charge in [0.15, 0.2) is 0 Å². The van der Waals surface area contributed by atoms with E-state index >= 15 is 0 Å². The van der Waals surface area contributed by atoms with Crippen LogP contribution in [0.1, 0.15) is 30.4 Å². The summed E-state index contributed by atoms with van der Waals surface area (Å²) < 4.78 is 25.2. The summed E-state index contributed by atoms with van der Waals surface area (Å²) in [5, 5.41) is 3.10. The van der Waals surface area contributed by atoms with Gasteiger partial charge in [0.25, 0.3) is 0 Å². The van der Waals surface area contributed by atoms with E-state index in [1.165, 1.54) is 11.6 Å². The van der Waals surface area contributed by atoms with E-state index in [-0.39, 0.29) is 11.7 Å². The molecule has 2 heterocycles. The molecule has 224 valence electrons. The number of likely N-dealkylation sites (tertiary alicyclic amines) is 1. The van der Waals surface area contributed by atoms with Crippen LogP contribution in [0.5, 0.6) is 11.5 Å². The lowest BCUT2D eigenvalue weighted by molar-refractivity contribution is -0.121. The standard InChI is InChI=1S/C34H43FN4O3/c1-41-29-20-27(21-30(22-29)42-2)23-36-34(40)13-12-28-25-37(24-26-8-4-3-5-9-26)15-14-32(28)38-16-18-39(19-17-38)33-11-7-6-10-31(33)35/h3-11,20-22,28,32H,12-19,23-25H2,1-2H3,(H,36,40)/t28-,32+/m1/s1. The molecule has 1 amide bonds. The number of nitrogens with one attached hydrogen (secondary N) is 1. The third-order valence-corrected chi connectivity index (χ3v) is 8.65. The number of nitrogens with zero attached hydrogens (tertiary/aromatic N) is 3. The highest BCUT2D eigenvalue weighted by Crippen LogP contribution is 2.30. The van der Waals surface area contributed by atoms with Crippen molar-refractivity contribution >= 4 is 11.6 Å². The maximum atomic E-state index is 14.4. The van der Waals surface area contributed by atoms with E-state index in [0.29, 0.717) is 42.1 Å². The van der Waals surface area contributed by atoms with Crippen molar-refractivity contribution in [3.8, 4) is 11.5 Å².